The summed E-state index contributed by atoms with van der Waals surface area (Å²) in [7, 11) is -5.29. The van der Waals surface area contributed by atoms with Crippen molar-refractivity contribution in [3.05, 3.63) is 0 Å². The molecule has 0 aromatic carbocycles. The third kappa shape index (κ3) is 31.2. The fourth-order valence-electron chi connectivity index (χ4n) is 2.36. The third-order valence-electron chi connectivity index (χ3n) is 3.84. The molecule has 1 atom stereocenters. The predicted octanol–water partition coefficient (Wildman–Crippen LogP) is -2.65. The van der Waals surface area contributed by atoms with E-state index in [1.807, 2.05) is 11.8 Å². The van der Waals surface area contributed by atoms with Gasteiger partial charge in [0.15, 0.2) is 6.10 Å². The van der Waals surface area contributed by atoms with Crippen LogP contribution < -0.4 is 75.1 Å². The van der Waals surface area contributed by atoms with E-state index in [-0.39, 0.29) is 81.7 Å². The number of rotatable bonds is 15. The van der Waals surface area contributed by atoms with Crippen molar-refractivity contribution < 1.29 is 107 Å². The van der Waals surface area contributed by atoms with E-state index in [0.717, 1.165) is 19.3 Å². The van der Waals surface area contributed by atoms with Gasteiger partial charge >= 0.3 is 71.1 Å². The molecule has 0 saturated heterocycles. The first-order chi connectivity index (χ1) is 15.3. The van der Waals surface area contributed by atoms with Crippen LogP contribution in [0.5, 0.6) is 0 Å². The summed E-state index contributed by atoms with van der Waals surface area (Å²) in [5, 5.41) is 0. The average Bonchev–Trinajstić information content (AvgIpc) is 2.73. The second kappa shape index (κ2) is 27.8. The zero-order valence-electron chi connectivity index (χ0n) is 20.9. The maximum Gasteiger partial charge on any atom is 1.00 e. The summed E-state index contributed by atoms with van der Waals surface area (Å²) in [6.45, 7) is 0.844. The Bertz CT molecular complexity index is 893. The summed E-state index contributed by atoms with van der Waals surface area (Å²) >= 11 is 0. The third-order valence-corrected chi connectivity index (χ3v) is 4.30. The van der Waals surface area contributed by atoms with Crippen LogP contribution in [-0.4, -0.2) is 31.3 Å². The summed E-state index contributed by atoms with van der Waals surface area (Å²) in [6, 6.07) is 0. The Morgan fingerprint density at radius 1 is 0.914 bits per heavy atom. The van der Waals surface area contributed by atoms with E-state index in [2.05, 4.69) is 41.0 Å². The number of hydrogen-bond acceptors (Lipinski definition) is 9. The van der Waals surface area contributed by atoms with Crippen LogP contribution in [0.1, 0.15) is 74.7 Å². The number of phosphoric ester groups is 1. The van der Waals surface area contributed by atoms with Gasteiger partial charge < -0.3 is 34.5 Å². The minimum Gasteiger partial charge on any atom is -0.790 e. The second-order valence-electron chi connectivity index (χ2n) is 6.57. The Hall–Kier alpha value is -0.750. The molecule has 0 rings (SSSR count). The van der Waals surface area contributed by atoms with Gasteiger partial charge in [-0.15, -0.1) is 6.42 Å². The molecule has 0 radical (unpaired) electrons. The molecule has 12 heteroatoms. The fourth-order valence-corrected chi connectivity index (χ4v) is 2.70. The van der Waals surface area contributed by atoms with E-state index in [4.69, 9.17) is 15.9 Å². The SMILES string of the molecule is C#CC#CC#CC#CC(=O)OC[C@@H](COP(=O)([O-])[O-])OC(=O)CCCCCCCCCC.N.[HH].[HH].[HH].[HH].[HH].[HH].[HH].[Na+].[Na+]. The number of hydrogen-bond donors (Lipinski definition) is 1. The minimum absolute atomic E-state index is 0. The Kier molecular flexibility index (Phi) is 32.9. The second-order valence-corrected chi connectivity index (χ2v) is 7.73. The first-order valence-corrected chi connectivity index (χ1v) is 11.7. The van der Waals surface area contributed by atoms with Crippen molar-refractivity contribution in [3.63, 3.8) is 0 Å². The summed E-state index contributed by atoms with van der Waals surface area (Å²) < 4.78 is 24.7. The molecule has 0 bridgehead atoms. The minimum atomic E-state index is -5.29. The molecule has 196 valence electrons. The van der Waals surface area contributed by atoms with E-state index >= 15 is 0 Å². The van der Waals surface area contributed by atoms with Gasteiger partial charge in [-0.3, -0.25) is 4.79 Å². The van der Waals surface area contributed by atoms with Gasteiger partial charge in [0.1, 0.15) is 6.61 Å². The molecule has 0 fully saturated rings. The van der Waals surface area contributed by atoms with Gasteiger partial charge in [-0.05, 0) is 41.9 Å². The molecule has 0 aliphatic rings. The molecule has 0 aromatic heterocycles. The van der Waals surface area contributed by atoms with Crippen molar-refractivity contribution >= 4 is 19.8 Å². The monoisotopic (exact) mass is 539 g/mol. The Morgan fingerprint density at radius 2 is 1.46 bits per heavy atom. The largest absolute Gasteiger partial charge is 1.00 e. The summed E-state index contributed by atoms with van der Waals surface area (Å²) in [4.78, 5) is 44.9. The molecular formula is C23H44NNa2O8P. The molecular weight excluding hydrogens is 495 g/mol. The molecule has 0 unspecified atom stereocenters. The van der Waals surface area contributed by atoms with E-state index in [1.165, 1.54) is 25.7 Å². The number of carbonyl (C=O) groups is 2. The Morgan fingerprint density at radius 3 is 2.03 bits per heavy atom. The fraction of sp³-hybridized carbons (Fsp3) is 0.565. The molecule has 9 nitrogen and oxygen atoms in total. The van der Waals surface area contributed by atoms with Gasteiger partial charge in [0.2, 0.25) is 0 Å². The normalized spacial score (nSPS) is 9.77. The van der Waals surface area contributed by atoms with Crippen LogP contribution >= 0.6 is 7.82 Å². The zero-order chi connectivity index (χ0) is 24.1. The number of terminal acetylenes is 1. The van der Waals surface area contributed by atoms with Crippen LogP contribution in [0.25, 0.3) is 0 Å². The Balaban J connectivity index is -0.000000107. The summed E-state index contributed by atoms with van der Waals surface area (Å²) in [6.07, 6.45) is 12.1. The maximum atomic E-state index is 12.0. The van der Waals surface area contributed by atoms with Crippen LogP contribution in [0.3, 0.4) is 0 Å². The first kappa shape index (κ1) is 41.4. The quantitative estimate of drug-likeness (QED) is 0.0586. The van der Waals surface area contributed by atoms with E-state index in [9.17, 15) is 23.9 Å². The van der Waals surface area contributed by atoms with Crippen LogP contribution in [0, 0.1) is 47.9 Å². The average molecular weight is 540 g/mol. The van der Waals surface area contributed by atoms with Crippen molar-refractivity contribution in [2.45, 2.75) is 70.8 Å². The summed E-state index contributed by atoms with van der Waals surface area (Å²) in [5.74, 6) is 13.7. The number of esters is 2. The van der Waals surface area contributed by atoms with Crippen LogP contribution in [0.4, 0.5) is 0 Å². The molecule has 0 aromatic rings. The van der Waals surface area contributed by atoms with E-state index in [0.29, 0.717) is 6.42 Å². The van der Waals surface area contributed by atoms with E-state index in [1.54, 1.807) is 0 Å². The molecule has 0 spiro atoms. The molecule has 0 amide bonds. The van der Waals surface area contributed by atoms with Crippen molar-refractivity contribution in [1.29, 1.82) is 0 Å². The zero-order valence-corrected chi connectivity index (χ0v) is 25.7. The van der Waals surface area contributed by atoms with Crippen LogP contribution in [-0.2, 0) is 28.2 Å². The van der Waals surface area contributed by atoms with Gasteiger partial charge in [0.05, 0.1) is 14.4 Å². The standard InChI is InChI=1S/C23H29O8P.H3N.2Na.7H2/c1-3-5-7-9-11-12-14-16-18-23(25)31-21(20-30-32(26,27)28)19-29-22(24)17-15-13-10-8-6-4-2;;;;;;;;;;/h2,21H,3,5,7,9,11-12,14,16,18-20H2,1H3,(H2,26,27,28);1H3;;;7*1H/q;;2*+1;;;;;;;/p-2/t21-;;;;;;;;;;/m0........../s1. The molecule has 35 heavy (non-hydrogen) atoms. The number of carbonyl (C=O) groups excluding carboxylic acids is 2. The van der Waals surface area contributed by atoms with Gasteiger partial charge in [0, 0.05) is 22.3 Å². The predicted molar refractivity (Wildman–Crippen MR) is 134 cm³/mol. The van der Waals surface area contributed by atoms with Crippen LogP contribution in [0.2, 0.25) is 0 Å². The van der Waals surface area contributed by atoms with E-state index < -0.39 is 39.1 Å². The molecule has 0 saturated carbocycles. The molecule has 0 aliphatic heterocycles. The molecule has 0 heterocycles. The first-order valence-electron chi connectivity index (χ1n) is 10.3. The maximum absolute atomic E-state index is 12.0. The molecule has 0 aliphatic carbocycles. The number of ether oxygens (including phenoxy) is 2. The van der Waals surface area contributed by atoms with Gasteiger partial charge in [0.25, 0.3) is 0 Å². The van der Waals surface area contributed by atoms with Crippen LogP contribution in [0.15, 0.2) is 0 Å². The number of phosphoric acid groups is 1. The van der Waals surface area contributed by atoms with Crippen molar-refractivity contribution in [1.82, 2.24) is 6.15 Å². The topological polar surface area (TPSA) is 160 Å². The van der Waals surface area contributed by atoms with Gasteiger partial charge in [-0.2, -0.15) is 0 Å². The van der Waals surface area contributed by atoms with Gasteiger partial charge in [-0.25, -0.2) is 4.79 Å². The van der Waals surface area contributed by atoms with Crippen molar-refractivity contribution in [2.75, 3.05) is 13.2 Å². The Labute approximate surface area is 263 Å². The molecule has 3 N–H and O–H groups in total. The number of unbranched alkanes of at least 4 members (excludes halogenated alkanes) is 7. The van der Waals surface area contributed by atoms with Crippen molar-refractivity contribution in [2.24, 2.45) is 0 Å². The summed E-state index contributed by atoms with van der Waals surface area (Å²) in [5.41, 5.74) is 0. The van der Waals surface area contributed by atoms with Gasteiger partial charge in [-0.1, -0.05) is 51.9 Å². The smallest absolute Gasteiger partial charge is 0.790 e. The van der Waals surface area contributed by atoms with Crippen molar-refractivity contribution in [3.8, 4) is 47.9 Å².